The molecule has 0 saturated carbocycles. The molecule has 0 heterocycles. The zero-order valence-electron chi connectivity index (χ0n) is 48.8. The Morgan fingerprint density at radius 3 is 1.15 bits per heavy atom. The third-order valence-corrected chi connectivity index (χ3v) is 14.2. The van der Waals surface area contributed by atoms with Crippen LogP contribution in [-0.4, -0.2) is 74.9 Å². The molecule has 10 heteroatoms. The number of hydrogen-bond donors (Lipinski definition) is 1. The number of quaternary nitrogens is 1. The Morgan fingerprint density at radius 2 is 0.770 bits per heavy atom. The van der Waals surface area contributed by atoms with E-state index in [0.717, 1.165) is 77.0 Å². The number of nitrogens with zero attached hydrogens (tertiary/aromatic N) is 1. The van der Waals surface area contributed by atoms with Crippen molar-refractivity contribution in [1.82, 2.24) is 0 Å². The lowest BCUT2D eigenvalue weighted by Gasteiger charge is -2.24. The molecule has 0 spiro atoms. The predicted molar refractivity (Wildman–Crippen MR) is 316 cm³/mol. The second kappa shape index (κ2) is 55.2. The number of allylic oxidation sites excluding steroid dienone is 12. The Kier molecular flexibility index (Phi) is 53.3. The Bertz CT molecular complexity index is 1480. The van der Waals surface area contributed by atoms with Gasteiger partial charge in [0.05, 0.1) is 27.7 Å². The summed E-state index contributed by atoms with van der Waals surface area (Å²) in [4.78, 5) is 35.7. The van der Waals surface area contributed by atoms with E-state index < -0.39 is 26.5 Å². The first-order valence-electron chi connectivity index (χ1n) is 30.7. The van der Waals surface area contributed by atoms with Crippen LogP contribution in [0.3, 0.4) is 0 Å². The molecule has 1 N–H and O–H groups in total. The SMILES string of the molecule is CC/C=C\C/C=C\C/C=C\C/C=C\CCCCCCCCCCCCCCCCCCCCCCC(=O)OC(COC(=O)CCCCCCCCC/C=C\C/C=C\CCCCC)COP(=O)(O)OCC[N+](C)(C)C. The van der Waals surface area contributed by atoms with Gasteiger partial charge < -0.3 is 18.9 Å². The highest BCUT2D eigenvalue weighted by Gasteiger charge is 2.27. The summed E-state index contributed by atoms with van der Waals surface area (Å²) in [5.74, 6) is -0.798. The average Bonchev–Trinajstić information content (AvgIpc) is 3.36. The number of ether oxygens (including phenoxy) is 2. The first-order valence-corrected chi connectivity index (χ1v) is 32.2. The normalized spacial score (nSPS) is 13.8. The van der Waals surface area contributed by atoms with E-state index in [4.69, 9.17) is 18.5 Å². The molecule has 0 aliphatic carbocycles. The molecule has 430 valence electrons. The van der Waals surface area contributed by atoms with Gasteiger partial charge in [0.1, 0.15) is 19.8 Å². The summed E-state index contributed by atoms with van der Waals surface area (Å²) < 4.78 is 34.6. The third-order valence-electron chi connectivity index (χ3n) is 13.2. The zero-order chi connectivity index (χ0) is 54.2. The molecule has 0 fully saturated rings. The van der Waals surface area contributed by atoms with Gasteiger partial charge in [0.25, 0.3) is 0 Å². The van der Waals surface area contributed by atoms with Gasteiger partial charge in [0.15, 0.2) is 6.10 Å². The number of rotatable bonds is 56. The second-order valence-corrected chi connectivity index (χ2v) is 23.2. The number of carbonyl (C=O) groups excluding carboxylic acids is 2. The van der Waals surface area contributed by atoms with Crippen molar-refractivity contribution < 1.29 is 42.1 Å². The molecule has 2 unspecified atom stereocenters. The van der Waals surface area contributed by atoms with Crippen LogP contribution in [-0.2, 0) is 32.7 Å². The zero-order valence-corrected chi connectivity index (χ0v) is 49.7. The molecule has 0 aliphatic heterocycles. The van der Waals surface area contributed by atoms with Crippen LogP contribution in [0.15, 0.2) is 72.9 Å². The van der Waals surface area contributed by atoms with Crippen LogP contribution in [0.5, 0.6) is 0 Å². The molecule has 0 saturated heterocycles. The van der Waals surface area contributed by atoms with Crippen molar-refractivity contribution in [3.05, 3.63) is 72.9 Å². The standard InChI is InChI=1S/C64H116NO8P/c1-6-8-10-12-14-16-18-20-22-24-25-26-27-28-29-30-31-32-33-34-35-36-37-38-39-41-43-45-47-49-51-53-55-57-64(67)73-62(61-72-74(68,69)71-59-58-65(3,4)5)60-70-63(66)56-54-52-50-48-46-44-42-40-23-21-19-17-15-13-11-9-7-2/h8,10,14-17,20-23,25-26,62H,6-7,9,11-13,18-19,24,27-61H2,1-5H3/p+1/b10-8-,16-14-,17-15-,22-20-,23-21-,26-25-. The Morgan fingerprint density at radius 1 is 0.432 bits per heavy atom. The molecule has 0 aromatic heterocycles. The Balaban J connectivity index is 4.04. The molecular weight excluding hydrogens is 942 g/mol. The number of phosphoric acid groups is 1. The summed E-state index contributed by atoms with van der Waals surface area (Å²) >= 11 is 0. The summed E-state index contributed by atoms with van der Waals surface area (Å²) in [7, 11) is 1.48. The average molecular weight is 1060 g/mol. The van der Waals surface area contributed by atoms with Gasteiger partial charge in [-0.15, -0.1) is 0 Å². The van der Waals surface area contributed by atoms with Crippen LogP contribution in [0, 0.1) is 0 Å². The molecular formula is C64H117NO8P+. The van der Waals surface area contributed by atoms with E-state index in [1.165, 1.54) is 161 Å². The molecule has 9 nitrogen and oxygen atoms in total. The number of phosphoric ester groups is 1. The third kappa shape index (κ3) is 58.7. The summed E-state index contributed by atoms with van der Waals surface area (Å²) in [6, 6.07) is 0. The Hall–Kier alpha value is -2.55. The van der Waals surface area contributed by atoms with Crippen molar-refractivity contribution in [3.63, 3.8) is 0 Å². The highest BCUT2D eigenvalue weighted by Crippen LogP contribution is 2.43. The van der Waals surface area contributed by atoms with Gasteiger partial charge in [-0.1, -0.05) is 247 Å². The van der Waals surface area contributed by atoms with Crippen molar-refractivity contribution in [2.24, 2.45) is 0 Å². The van der Waals surface area contributed by atoms with Crippen LogP contribution >= 0.6 is 7.82 Å². The van der Waals surface area contributed by atoms with E-state index in [2.05, 4.69) is 86.8 Å². The van der Waals surface area contributed by atoms with Crippen LogP contribution in [0.2, 0.25) is 0 Å². The van der Waals surface area contributed by atoms with Gasteiger partial charge in [-0.25, -0.2) is 4.57 Å². The summed E-state index contributed by atoms with van der Waals surface area (Å²) in [6.45, 7) is 4.31. The molecule has 2 atom stereocenters. The topological polar surface area (TPSA) is 108 Å². The first kappa shape index (κ1) is 71.5. The highest BCUT2D eigenvalue weighted by molar-refractivity contribution is 7.47. The fraction of sp³-hybridized carbons (Fsp3) is 0.781. The van der Waals surface area contributed by atoms with Crippen LogP contribution < -0.4 is 0 Å². The van der Waals surface area contributed by atoms with Crippen LogP contribution in [0.25, 0.3) is 0 Å². The summed E-state index contributed by atoms with van der Waals surface area (Å²) in [6.07, 6.45) is 72.7. The van der Waals surface area contributed by atoms with Crippen molar-refractivity contribution in [1.29, 1.82) is 0 Å². The molecule has 0 bridgehead atoms. The molecule has 74 heavy (non-hydrogen) atoms. The van der Waals surface area contributed by atoms with Crippen molar-refractivity contribution in [2.45, 2.75) is 277 Å². The maximum Gasteiger partial charge on any atom is 0.472 e. The van der Waals surface area contributed by atoms with E-state index >= 15 is 0 Å². The fourth-order valence-electron chi connectivity index (χ4n) is 8.51. The first-order chi connectivity index (χ1) is 36.0. The highest BCUT2D eigenvalue weighted by atomic mass is 31.2. The predicted octanol–water partition coefficient (Wildman–Crippen LogP) is 19.3. The minimum absolute atomic E-state index is 0.0297. The summed E-state index contributed by atoms with van der Waals surface area (Å²) in [5, 5.41) is 0. The van der Waals surface area contributed by atoms with Crippen molar-refractivity contribution in [2.75, 3.05) is 47.5 Å². The fourth-order valence-corrected chi connectivity index (χ4v) is 9.25. The lowest BCUT2D eigenvalue weighted by Crippen LogP contribution is -2.37. The minimum Gasteiger partial charge on any atom is -0.462 e. The minimum atomic E-state index is -4.39. The number of hydrogen-bond acceptors (Lipinski definition) is 7. The van der Waals surface area contributed by atoms with Crippen LogP contribution in [0.1, 0.15) is 271 Å². The van der Waals surface area contributed by atoms with Gasteiger partial charge in [0, 0.05) is 12.8 Å². The van der Waals surface area contributed by atoms with E-state index in [1.807, 2.05) is 21.1 Å². The molecule has 0 amide bonds. The van der Waals surface area contributed by atoms with Gasteiger partial charge in [-0.05, 0) is 83.5 Å². The van der Waals surface area contributed by atoms with Crippen molar-refractivity contribution >= 4 is 19.8 Å². The molecule has 0 aromatic carbocycles. The maximum atomic E-state index is 12.8. The van der Waals surface area contributed by atoms with E-state index in [-0.39, 0.29) is 32.0 Å². The smallest absolute Gasteiger partial charge is 0.462 e. The maximum absolute atomic E-state index is 12.8. The number of carbonyl (C=O) groups is 2. The number of unbranched alkanes of at least 4 members (excludes halogenated alkanes) is 30. The van der Waals surface area contributed by atoms with Gasteiger partial charge >= 0.3 is 19.8 Å². The lowest BCUT2D eigenvalue weighted by atomic mass is 10.0. The molecule has 0 rings (SSSR count). The lowest BCUT2D eigenvalue weighted by molar-refractivity contribution is -0.870. The second-order valence-electron chi connectivity index (χ2n) is 21.7. The van der Waals surface area contributed by atoms with Gasteiger partial charge in [-0.3, -0.25) is 18.6 Å². The summed E-state index contributed by atoms with van der Waals surface area (Å²) in [5.41, 5.74) is 0. The van der Waals surface area contributed by atoms with Gasteiger partial charge in [-0.2, -0.15) is 0 Å². The number of likely N-dealkylation sites (N-methyl/N-ethyl adjacent to an activating group) is 1. The van der Waals surface area contributed by atoms with Crippen molar-refractivity contribution in [3.8, 4) is 0 Å². The van der Waals surface area contributed by atoms with E-state index in [0.29, 0.717) is 17.4 Å². The molecule has 0 aromatic rings. The Labute approximate surface area is 457 Å². The largest absolute Gasteiger partial charge is 0.472 e. The monoisotopic (exact) mass is 1060 g/mol. The van der Waals surface area contributed by atoms with Crippen LogP contribution in [0.4, 0.5) is 0 Å². The van der Waals surface area contributed by atoms with E-state index in [1.54, 1.807) is 0 Å². The van der Waals surface area contributed by atoms with Gasteiger partial charge in [0.2, 0.25) is 0 Å². The van der Waals surface area contributed by atoms with E-state index in [9.17, 15) is 19.0 Å². The quantitative estimate of drug-likeness (QED) is 0.0211. The number of esters is 2. The molecule has 0 radical (unpaired) electrons. The molecule has 0 aliphatic rings.